The molecule has 0 amide bonds. The van der Waals surface area contributed by atoms with Crippen molar-refractivity contribution in [2.45, 2.75) is 19.9 Å². The smallest absolute Gasteiger partial charge is 0.126 e. The van der Waals surface area contributed by atoms with Crippen LogP contribution in [0, 0.1) is 19.8 Å². The zero-order valence-corrected chi connectivity index (χ0v) is 12.1. The molecule has 100 valence electrons. The van der Waals surface area contributed by atoms with E-state index in [1.165, 1.54) is 16.7 Å². The van der Waals surface area contributed by atoms with Gasteiger partial charge in [-0.3, -0.25) is 0 Å². The van der Waals surface area contributed by atoms with E-state index in [-0.39, 0.29) is 0 Å². The Bertz CT molecular complexity index is 425. The Morgan fingerprint density at radius 1 is 1.28 bits per heavy atom. The van der Waals surface area contributed by atoms with Gasteiger partial charge in [0.05, 0.1) is 7.11 Å². The van der Waals surface area contributed by atoms with E-state index in [1.54, 1.807) is 7.11 Å². The summed E-state index contributed by atoms with van der Waals surface area (Å²) in [6.07, 6.45) is 0. The topological polar surface area (TPSA) is 24.5 Å². The standard InChI is InChI=1S/C15H24N2O/c1-10-6-11(2)15(18-5)13(7-10)14(17(3)4)12-8-16-9-12/h6-7,12,14,16H,8-9H2,1-5H3. The summed E-state index contributed by atoms with van der Waals surface area (Å²) in [5.74, 6) is 1.72. The van der Waals surface area contributed by atoms with E-state index < -0.39 is 0 Å². The van der Waals surface area contributed by atoms with Gasteiger partial charge >= 0.3 is 0 Å². The van der Waals surface area contributed by atoms with Gasteiger partial charge in [-0.05, 0) is 33.5 Å². The lowest BCUT2D eigenvalue weighted by Crippen LogP contribution is -2.48. The van der Waals surface area contributed by atoms with Crippen LogP contribution in [0.5, 0.6) is 5.75 Å². The third-order valence-corrected chi connectivity index (χ3v) is 3.79. The minimum atomic E-state index is 0.430. The van der Waals surface area contributed by atoms with Crippen LogP contribution in [0.25, 0.3) is 0 Å². The fraction of sp³-hybridized carbons (Fsp3) is 0.600. The van der Waals surface area contributed by atoms with Crippen molar-refractivity contribution in [3.63, 3.8) is 0 Å². The first-order valence-corrected chi connectivity index (χ1v) is 6.57. The van der Waals surface area contributed by atoms with Crippen LogP contribution in [0.15, 0.2) is 12.1 Å². The van der Waals surface area contributed by atoms with Crippen molar-refractivity contribution < 1.29 is 4.74 Å². The third kappa shape index (κ3) is 2.38. The molecule has 3 nitrogen and oxygen atoms in total. The Labute approximate surface area is 110 Å². The van der Waals surface area contributed by atoms with Gasteiger partial charge in [-0.2, -0.15) is 0 Å². The zero-order chi connectivity index (χ0) is 13.3. The van der Waals surface area contributed by atoms with Crippen LogP contribution in [-0.2, 0) is 0 Å². The van der Waals surface area contributed by atoms with Crippen LogP contribution in [0.3, 0.4) is 0 Å². The number of hydrogen-bond acceptors (Lipinski definition) is 3. The first-order valence-electron chi connectivity index (χ1n) is 6.57. The monoisotopic (exact) mass is 248 g/mol. The average Bonchev–Trinajstić information content (AvgIpc) is 2.21. The average molecular weight is 248 g/mol. The van der Waals surface area contributed by atoms with Crippen LogP contribution in [-0.4, -0.2) is 39.2 Å². The molecule has 0 spiro atoms. The van der Waals surface area contributed by atoms with Crippen LogP contribution in [0.1, 0.15) is 22.7 Å². The minimum Gasteiger partial charge on any atom is -0.496 e. The van der Waals surface area contributed by atoms with Crippen LogP contribution in [0.2, 0.25) is 0 Å². The lowest BCUT2D eigenvalue weighted by Gasteiger charge is -2.39. The molecule has 1 aromatic carbocycles. The maximum Gasteiger partial charge on any atom is 0.126 e. The minimum absolute atomic E-state index is 0.430. The van der Waals surface area contributed by atoms with Crippen molar-refractivity contribution in [2.75, 3.05) is 34.3 Å². The first-order chi connectivity index (χ1) is 8.54. The van der Waals surface area contributed by atoms with Crippen molar-refractivity contribution in [2.24, 2.45) is 5.92 Å². The lowest BCUT2D eigenvalue weighted by atomic mass is 9.86. The van der Waals surface area contributed by atoms with Crippen molar-refractivity contribution >= 4 is 0 Å². The largest absolute Gasteiger partial charge is 0.496 e. The predicted octanol–water partition coefficient (Wildman–Crippen LogP) is 2.13. The summed E-state index contributed by atoms with van der Waals surface area (Å²) in [5, 5.41) is 3.37. The molecule has 2 rings (SSSR count). The highest BCUT2D eigenvalue weighted by atomic mass is 16.5. The molecule has 0 radical (unpaired) electrons. The highest BCUT2D eigenvalue weighted by Gasteiger charge is 2.32. The van der Waals surface area contributed by atoms with Crippen molar-refractivity contribution in [1.29, 1.82) is 0 Å². The van der Waals surface area contributed by atoms with E-state index in [2.05, 4.69) is 50.3 Å². The van der Waals surface area contributed by atoms with Crippen LogP contribution >= 0.6 is 0 Å². The number of nitrogens with zero attached hydrogens (tertiary/aromatic N) is 1. The van der Waals surface area contributed by atoms with Gasteiger partial charge in [0.1, 0.15) is 5.75 Å². The lowest BCUT2D eigenvalue weighted by molar-refractivity contribution is 0.157. The van der Waals surface area contributed by atoms with Crippen molar-refractivity contribution in [3.8, 4) is 5.75 Å². The molecule has 1 heterocycles. The summed E-state index contributed by atoms with van der Waals surface area (Å²) in [5.41, 5.74) is 3.86. The Balaban J connectivity index is 2.45. The molecule has 1 unspecified atom stereocenters. The van der Waals surface area contributed by atoms with E-state index in [0.29, 0.717) is 12.0 Å². The second kappa shape index (κ2) is 5.29. The molecule has 3 heteroatoms. The number of benzene rings is 1. The number of hydrogen-bond donors (Lipinski definition) is 1. The van der Waals surface area contributed by atoms with Gasteiger partial charge in [-0.25, -0.2) is 0 Å². The van der Waals surface area contributed by atoms with Crippen LogP contribution < -0.4 is 10.1 Å². The van der Waals surface area contributed by atoms with Gasteiger partial charge in [0.2, 0.25) is 0 Å². The van der Waals surface area contributed by atoms with Crippen molar-refractivity contribution in [1.82, 2.24) is 10.2 Å². The van der Waals surface area contributed by atoms with Gasteiger partial charge in [0.25, 0.3) is 0 Å². The molecular formula is C15H24N2O. The maximum absolute atomic E-state index is 5.63. The maximum atomic E-state index is 5.63. The summed E-state index contributed by atoms with van der Waals surface area (Å²) in [6.45, 7) is 6.47. The Morgan fingerprint density at radius 3 is 2.39 bits per heavy atom. The molecule has 18 heavy (non-hydrogen) atoms. The Morgan fingerprint density at radius 2 is 1.94 bits per heavy atom. The second-order valence-corrected chi connectivity index (χ2v) is 5.53. The van der Waals surface area contributed by atoms with Gasteiger partial charge in [0, 0.05) is 30.6 Å². The molecule has 1 aliphatic rings. The molecule has 1 fully saturated rings. The molecule has 1 aromatic rings. The molecule has 0 aromatic heterocycles. The Kier molecular flexibility index (Phi) is 3.93. The predicted molar refractivity (Wildman–Crippen MR) is 75.3 cm³/mol. The fourth-order valence-electron chi connectivity index (χ4n) is 2.97. The summed E-state index contributed by atoms with van der Waals surface area (Å²) in [4.78, 5) is 2.31. The second-order valence-electron chi connectivity index (χ2n) is 5.53. The van der Waals surface area contributed by atoms with E-state index in [4.69, 9.17) is 4.74 Å². The van der Waals surface area contributed by atoms with E-state index >= 15 is 0 Å². The molecule has 0 bridgehead atoms. The molecule has 1 N–H and O–H groups in total. The summed E-state index contributed by atoms with van der Waals surface area (Å²) in [6, 6.07) is 4.89. The first kappa shape index (κ1) is 13.4. The quantitative estimate of drug-likeness (QED) is 0.883. The SMILES string of the molecule is COc1c(C)cc(C)cc1C(C1CNC1)N(C)C. The highest BCUT2D eigenvalue weighted by Crippen LogP contribution is 2.37. The van der Waals surface area contributed by atoms with Gasteiger partial charge in [-0.1, -0.05) is 17.7 Å². The number of rotatable bonds is 4. The van der Waals surface area contributed by atoms with Crippen LogP contribution in [0.4, 0.5) is 0 Å². The molecule has 1 aliphatic heterocycles. The summed E-state index contributed by atoms with van der Waals surface area (Å²) in [7, 11) is 6.08. The molecule has 0 saturated carbocycles. The number of ether oxygens (including phenoxy) is 1. The van der Waals surface area contributed by atoms with E-state index in [0.717, 1.165) is 18.8 Å². The van der Waals surface area contributed by atoms with Crippen molar-refractivity contribution in [3.05, 3.63) is 28.8 Å². The zero-order valence-electron chi connectivity index (χ0n) is 12.1. The van der Waals surface area contributed by atoms with Gasteiger partial charge < -0.3 is 15.0 Å². The van der Waals surface area contributed by atoms with E-state index in [9.17, 15) is 0 Å². The fourth-order valence-corrected chi connectivity index (χ4v) is 2.97. The van der Waals surface area contributed by atoms with Gasteiger partial charge in [-0.15, -0.1) is 0 Å². The molecular weight excluding hydrogens is 224 g/mol. The highest BCUT2D eigenvalue weighted by molar-refractivity contribution is 5.46. The number of methoxy groups -OCH3 is 1. The molecule has 1 atom stereocenters. The normalized spacial score (nSPS) is 17.7. The Hall–Kier alpha value is -1.06. The third-order valence-electron chi connectivity index (χ3n) is 3.79. The van der Waals surface area contributed by atoms with Gasteiger partial charge in [0.15, 0.2) is 0 Å². The molecule has 0 aliphatic carbocycles. The summed E-state index contributed by atoms with van der Waals surface area (Å²) < 4.78 is 5.63. The number of aryl methyl sites for hydroxylation is 2. The molecule has 1 saturated heterocycles. The van der Waals surface area contributed by atoms with E-state index in [1.807, 2.05) is 0 Å². The number of nitrogens with one attached hydrogen (secondary N) is 1. The summed E-state index contributed by atoms with van der Waals surface area (Å²) >= 11 is 0.